The van der Waals surface area contributed by atoms with E-state index in [2.05, 4.69) is 34.3 Å². The Labute approximate surface area is 178 Å². The lowest BCUT2D eigenvalue weighted by molar-refractivity contribution is 0.0906. The van der Waals surface area contributed by atoms with Gasteiger partial charge in [-0.2, -0.15) is 0 Å². The summed E-state index contributed by atoms with van der Waals surface area (Å²) in [6, 6.07) is 13.3. The predicted octanol–water partition coefficient (Wildman–Crippen LogP) is 2.43. The van der Waals surface area contributed by atoms with Crippen LogP contribution in [0.25, 0.3) is 0 Å². The topological polar surface area (TPSA) is 63.3 Å². The number of hydrogen-bond acceptors (Lipinski definition) is 6. The number of hydrogen-bond donors (Lipinski definition) is 1. The molecule has 162 valence electrons. The van der Waals surface area contributed by atoms with E-state index >= 15 is 0 Å². The van der Waals surface area contributed by atoms with Crippen molar-refractivity contribution in [3.8, 4) is 17.2 Å². The van der Waals surface area contributed by atoms with Crippen LogP contribution in [0.15, 0.2) is 42.5 Å². The second-order valence-corrected chi connectivity index (χ2v) is 7.45. The number of ether oxygens (including phenoxy) is 3. The minimum absolute atomic E-state index is 0.124. The van der Waals surface area contributed by atoms with Crippen LogP contribution < -0.4 is 19.5 Å². The number of carbonyl (C=O) groups is 1. The van der Waals surface area contributed by atoms with Gasteiger partial charge in [-0.05, 0) is 24.7 Å². The van der Waals surface area contributed by atoms with Crippen LogP contribution in [0.2, 0.25) is 0 Å². The maximum Gasteiger partial charge on any atom is 0.252 e. The quantitative estimate of drug-likeness (QED) is 0.717. The van der Waals surface area contributed by atoms with Crippen LogP contribution in [-0.2, 0) is 0 Å². The fourth-order valence-electron chi connectivity index (χ4n) is 3.66. The Balaban J connectivity index is 1.82. The SMILES string of the molecule is COc1cc(C(=O)NC(CN2CCN(C)CC2)c2ccccc2)cc(OC)c1OC. The Hall–Kier alpha value is -2.77. The van der Waals surface area contributed by atoms with Gasteiger partial charge in [0, 0.05) is 38.3 Å². The zero-order valence-electron chi connectivity index (χ0n) is 18.2. The van der Waals surface area contributed by atoms with Gasteiger partial charge < -0.3 is 24.4 Å². The van der Waals surface area contributed by atoms with E-state index in [0.29, 0.717) is 22.8 Å². The Morgan fingerprint density at radius 2 is 1.57 bits per heavy atom. The molecule has 0 saturated carbocycles. The molecule has 1 saturated heterocycles. The minimum atomic E-state index is -0.183. The highest BCUT2D eigenvalue weighted by Crippen LogP contribution is 2.38. The Morgan fingerprint density at radius 3 is 2.10 bits per heavy atom. The van der Waals surface area contributed by atoms with Crippen LogP contribution in [0.1, 0.15) is 22.0 Å². The van der Waals surface area contributed by atoms with Crippen LogP contribution in [0, 0.1) is 0 Å². The molecule has 30 heavy (non-hydrogen) atoms. The number of carbonyl (C=O) groups excluding carboxylic acids is 1. The molecule has 1 aliphatic heterocycles. The van der Waals surface area contributed by atoms with Crippen molar-refractivity contribution in [3.63, 3.8) is 0 Å². The molecule has 1 N–H and O–H groups in total. The third-order valence-electron chi connectivity index (χ3n) is 5.47. The number of piperazine rings is 1. The third-order valence-corrected chi connectivity index (χ3v) is 5.47. The average molecular weight is 414 g/mol. The summed E-state index contributed by atoms with van der Waals surface area (Å²) in [5.41, 5.74) is 1.54. The van der Waals surface area contributed by atoms with Crippen molar-refractivity contribution >= 4 is 5.91 Å². The number of benzene rings is 2. The van der Waals surface area contributed by atoms with Gasteiger partial charge in [0.2, 0.25) is 5.75 Å². The molecule has 0 aliphatic carbocycles. The van der Waals surface area contributed by atoms with Crippen molar-refractivity contribution in [3.05, 3.63) is 53.6 Å². The minimum Gasteiger partial charge on any atom is -0.493 e. The fraction of sp³-hybridized carbons (Fsp3) is 0.435. The number of rotatable bonds is 8. The molecular formula is C23H31N3O4. The molecular weight excluding hydrogens is 382 g/mol. The van der Waals surface area contributed by atoms with E-state index < -0.39 is 0 Å². The number of amides is 1. The van der Waals surface area contributed by atoms with E-state index in [0.717, 1.165) is 38.3 Å². The van der Waals surface area contributed by atoms with E-state index in [4.69, 9.17) is 14.2 Å². The first-order valence-corrected chi connectivity index (χ1v) is 10.1. The Kier molecular flexibility index (Phi) is 7.54. The zero-order chi connectivity index (χ0) is 21.5. The van der Waals surface area contributed by atoms with Crippen molar-refractivity contribution in [2.45, 2.75) is 6.04 Å². The van der Waals surface area contributed by atoms with Gasteiger partial charge in [0.25, 0.3) is 5.91 Å². The largest absolute Gasteiger partial charge is 0.493 e. The molecule has 7 nitrogen and oxygen atoms in total. The van der Waals surface area contributed by atoms with Crippen LogP contribution in [0.5, 0.6) is 17.2 Å². The predicted molar refractivity (Wildman–Crippen MR) is 117 cm³/mol. The molecule has 2 aromatic rings. The lowest BCUT2D eigenvalue weighted by atomic mass is 10.0. The maximum atomic E-state index is 13.2. The van der Waals surface area contributed by atoms with Crippen molar-refractivity contribution in [1.29, 1.82) is 0 Å². The second kappa shape index (κ2) is 10.3. The third kappa shape index (κ3) is 5.23. The molecule has 1 amide bonds. The van der Waals surface area contributed by atoms with Crippen molar-refractivity contribution < 1.29 is 19.0 Å². The number of methoxy groups -OCH3 is 3. The van der Waals surface area contributed by atoms with Crippen LogP contribution in [0.4, 0.5) is 0 Å². The summed E-state index contributed by atoms with van der Waals surface area (Å²) < 4.78 is 16.1. The molecule has 0 bridgehead atoms. The van der Waals surface area contributed by atoms with Crippen LogP contribution >= 0.6 is 0 Å². The molecule has 3 rings (SSSR count). The van der Waals surface area contributed by atoms with Gasteiger partial charge in [-0.15, -0.1) is 0 Å². The van der Waals surface area contributed by atoms with Gasteiger partial charge in [0.1, 0.15) is 0 Å². The summed E-state index contributed by atoms with van der Waals surface area (Å²) in [6.45, 7) is 4.79. The van der Waals surface area contributed by atoms with E-state index in [1.807, 2.05) is 18.2 Å². The van der Waals surface area contributed by atoms with Gasteiger partial charge in [-0.1, -0.05) is 30.3 Å². The first-order chi connectivity index (χ1) is 14.5. The summed E-state index contributed by atoms with van der Waals surface area (Å²) in [5.74, 6) is 1.19. The molecule has 1 aliphatic rings. The van der Waals surface area contributed by atoms with Gasteiger partial charge in [-0.25, -0.2) is 0 Å². The molecule has 7 heteroatoms. The highest BCUT2D eigenvalue weighted by Gasteiger charge is 2.23. The molecule has 2 aromatic carbocycles. The summed E-state index contributed by atoms with van der Waals surface area (Å²) in [6.07, 6.45) is 0. The molecule has 1 unspecified atom stereocenters. The number of likely N-dealkylation sites (N-methyl/N-ethyl adjacent to an activating group) is 1. The highest BCUT2D eigenvalue weighted by atomic mass is 16.5. The molecule has 0 spiro atoms. The van der Waals surface area contributed by atoms with E-state index in [1.54, 1.807) is 33.5 Å². The lowest BCUT2D eigenvalue weighted by Gasteiger charge is -2.35. The van der Waals surface area contributed by atoms with E-state index in [-0.39, 0.29) is 11.9 Å². The normalized spacial score (nSPS) is 16.0. The summed E-state index contributed by atoms with van der Waals surface area (Å²) >= 11 is 0. The summed E-state index contributed by atoms with van der Waals surface area (Å²) in [4.78, 5) is 17.9. The van der Waals surface area contributed by atoms with Gasteiger partial charge >= 0.3 is 0 Å². The summed E-state index contributed by atoms with van der Waals surface area (Å²) in [5, 5.41) is 3.20. The molecule has 0 aromatic heterocycles. The molecule has 1 fully saturated rings. The van der Waals surface area contributed by atoms with Gasteiger partial charge in [0.05, 0.1) is 27.4 Å². The van der Waals surface area contributed by atoms with Crippen molar-refractivity contribution in [1.82, 2.24) is 15.1 Å². The zero-order valence-corrected chi connectivity index (χ0v) is 18.2. The molecule has 1 heterocycles. The van der Waals surface area contributed by atoms with Crippen molar-refractivity contribution in [2.75, 3.05) is 61.1 Å². The highest BCUT2D eigenvalue weighted by molar-refractivity contribution is 5.96. The number of nitrogens with one attached hydrogen (secondary N) is 1. The Bertz CT molecular complexity index is 811. The first kappa shape index (κ1) is 21.9. The van der Waals surface area contributed by atoms with Crippen LogP contribution in [0.3, 0.4) is 0 Å². The smallest absolute Gasteiger partial charge is 0.252 e. The fourth-order valence-corrected chi connectivity index (χ4v) is 3.66. The number of nitrogens with zero attached hydrogens (tertiary/aromatic N) is 2. The maximum absolute atomic E-state index is 13.2. The monoisotopic (exact) mass is 413 g/mol. The standard InChI is InChI=1S/C23H31N3O4/c1-25-10-12-26(13-11-25)16-19(17-8-6-5-7-9-17)24-23(27)18-14-20(28-2)22(30-4)21(15-18)29-3/h5-9,14-15,19H,10-13,16H2,1-4H3,(H,24,27). The Morgan fingerprint density at radius 1 is 0.967 bits per heavy atom. The van der Waals surface area contributed by atoms with Crippen LogP contribution in [-0.4, -0.2) is 76.8 Å². The summed E-state index contributed by atoms with van der Waals surface area (Å²) in [7, 11) is 6.76. The lowest BCUT2D eigenvalue weighted by Crippen LogP contribution is -2.47. The van der Waals surface area contributed by atoms with Gasteiger partial charge in [-0.3, -0.25) is 9.69 Å². The average Bonchev–Trinajstić information content (AvgIpc) is 2.79. The van der Waals surface area contributed by atoms with Crippen molar-refractivity contribution in [2.24, 2.45) is 0 Å². The van der Waals surface area contributed by atoms with E-state index in [9.17, 15) is 4.79 Å². The first-order valence-electron chi connectivity index (χ1n) is 10.1. The second-order valence-electron chi connectivity index (χ2n) is 7.45. The van der Waals surface area contributed by atoms with E-state index in [1.165, 1.54) is 0 Å². The molecule has 1 atom stereocenters. The van der Waals surface area contributed by atoms with Gasteiger partial charge in [0.15, 0.2) is 11.5 Å². The molecule has 0 radical (unpaired) electrons.